The van der Waals surface area contributed by atoms with Gasteiger partial charge in [0.25, 0.3) is 0 Å². The molecule has 0 bridgehead atoms. The van der Waals surface area contributed by atoms with Gasteiger partial charge in [0, 0.05) is 24.7 Å². The monoisotopic (exact) mass is 441 g/mol. The van der Waals surface area contributed by atoms with Gasteiger partial charge >= 0.3 is 0 Å². The number of hydrogen-bond donors (Lipinski definition) is 3. The van der Waals surface area contributed by atoms with Crippen LogP contribution in [0.1, 0.15) is 5.56 Å². The standard InChI is InChI=1S/C23H23N9O/c1-2-17-10-16(3-4-20(17)25-5-1)15-32-23-22(29-30-32)26-14-21(28-23)27-18-11-19(13-24-12-18)31-6-8-33-9-7-31/h1-5,10-14,30H,6-9,15H2,(H,26,29)(H,27,28). The van der Waals surface area contributed by atoms with E-state index in [1.165, 1.54) is 0 Å². The number of benzene rings is 1. The van der Waals surface area contributed by atoms with E-state index in [2.05, 4.69) is 60.4 Å². The van der Waals surface area contributed by atoms with Gasteiger partial charge in [-0.05, 0) is 29.8 Å². The van der Waals surface area contributed by atoms with E-state index in [0.29, 0.717) is 18.2 Å². The Hall–Kier alpha value is -4.02. The van der Waals surface area contributed by atoms with Crippen LogP contribution in [0.25, 0.3) is 10.9 Å². The third kappa shape index (κ3) is 4.09. The summed E-state index contributed by atoms with van der Waals surface area (Å²) in [6, 6.07) is 12.3. The lowest BCUT2D eigenvalue weighted by atomic mass is 10.1. The molecule has 4 aromatic rings. The molecule has 3 aromatic heterocycles. The molecule has 33 heavy (non-hydrogen) atoms. The highest BCUT2D eigenvalue weighted by atomic mass is 16.5. The van der Waals surface area contributed by atoms with Gasteiger partial charge in [0.2, 0.25) is 0 Å². The lowest BCUT2D eigenvalue weighted by molar-refractivity contribution is 0.122. The van der Waals surface area contributed by atoms with Gasteiger partial charge in [-0.15, -0.1) is 5.53 Å². The minimum Gasteiger partial charge on any atom is -0.378 e. The molecule has 5 heterocycles. The van der Waals surface area contributed by atoms with Crippen LogP contribution in [0.5, 0.6) is 0 Å². The van der Waals surface area contributed by atoms with E-state index < -0.39 is 0 Å². The zero-order chi connectivity index (χ0) is 22.0. The summed E-state index contributed by atoms with van der Waals surface area (Å²) in [5.41, 5.74) is 10.3. The lowest BCUT2D eigenvalue weighted by Gasteiger charge is -2.28. The molecule has 1 saturated heterocycles. The minimum atomic E-state index is 0.622. The third-order valence-electron chi connectivity index (χ3n) is 5.70. The SMILES string of the molecule is c1cnc2ccc(CN3NNc4ncc(Nc5cncc(N6CCOCC6)c5)nc43)cc2c1. The fourth-order valence-electron chi connectivity index (χ4n) is 4.05. The molecule has 2 aliphatic rings. The number of morpholine rings is 1. The first-order valence-electron chi connectivity index (χ1n) is 10.9. The van der Waals surface area contributed by atoms with Crippen molar-refractivity contribution in [3.8, 4) is 0 Å². The van der Waals surface area contributed by atoms with Crippen molar-refractivity contribution >= 4 is 39.7 Å². The van der Waals surface area contributed by atoms with Crippen LogP contribution < -0.4 is 26.2 Å². The van der Waals surface area contributed by atoms with Crippen molar-refractivity contribution in [1.29, 1.82) is 0 Å². The predicted molar refractivity (Wildman–Crippen MR) is 127 cm³/mol. The Morgan fingerprint density at radius 2 is 1.97 bits per heavy atom. The number of nitrogens with one attached hydrogen (secondary N) is 3. The van der Waals surface area contributed by atoms with Gasteiger partial charge in [0.1, 0.15) is 0 Å². The van der Waals surface area contributed by atoms with Crippen LogP contribution in [-0.2, 0) is 11.3 Å². The Balaban J connectivity index is 1.21. The van der Waals surface area contributed by atoms with Crippen LogP contribution in [0.3, 0.4) is 0 Å². The van der Waals surface area contributed by atoms with Crippen LogP contribution in [0, 0.1) is 0 Å². The first kappa shape index (κ1) is 19.6. The zero-order valence-electron chi connectivity index (χ0n) is 17.9. The average Bonchev–Trinajstić information content (AvgIpc) is 3.26. The van der Waals surface area contributed by atoms with Gasteiger partial charge in [-0.3, -0.25) is 20.4 Å². The molecule has 166 valence electrons. The topological polar surface area (TPSA) is 103 Å². The molecule has 3 N–H and O–H groups in total. The summed E-state index contributed by atoms with van der Waals surface area (Å²) in [4.78, 5) is 20.3. The van der Waals surface area contributed by atoms with E-state index in [1.807, 2.05) is 23.3 Å². The van der Waals surface area contributed by atoms with Crippen LogP contribution in [0.15, 0.2) is 61.2 Å². The van der Waals surface area contributed by atoms with Crippen molar-refractivity contribution in [3.63, 3.8) is 0 Å². The molecular weight excluding hydrogens is 418 g/mol. The minimum absolute atomic E-state index is 0.622. The quantitative estimate of drug-likeness (QED) is 0.428. The normalized spacial score (nSPS) is 15.4. The van der Waals surface area contributed by atoms with Crippen LogP contribution in [0.2, 0.25) is 0 Å². The number of anilines is 5. The summed E-state index contributed by atoms with van der Waals surface area (Å²) >= 11 is 0. The highest BCUT2D eigenvalue weighted by Gasteiger charge is 2.22. The Morgan fingerprint density at radius 1 is 1.03 bits per heavy atom. The summed E-state index contributed by atoms with van der Waals surface area (Å²) in [6.07, 6.45) is 7.18. The number of rotatable bonds is 5. The van der Waals surface area contributed by atoms with Crippen LogP contribution in [-0.4, -0.2) is 46.2 Å². The Kier molecular flexibility index (Phi) is 5.06. The molecule has 0 amide bonds. The molecule has 0 aliphatic carbocycles. The number of ether oxygens (including phenoxy) is 1. The van der Waals surface area contributed by atoms with Crippen molar-refractivity contribution in [2.24, 2.45) is 0 Å². The summed E-state index contributed by atoms with van der Waals surface area (Å²) in [6.45, 7) is 3.81. The highest BCUT2D eigenvalue weighted by Crippen LogP contribution is 2.29. The van der Waals surface area contributed by atoms with Gasteiger partial charge in [-0.25, -0.2) is 9.97 Å². The molecule has 0 unspecified atom stereocenters. The van der Waals surface area contributed by atoms with E-state index in [4.69, 9.17) is 9.72 Å². The van der Waals surface area contributed by atoms with Crippen molar-refractivity contribution in [2.75, 3.05) is 47.0 Å². The maximum Gasteiger partial charge on any atom is 0.191 e. The molecular formula is C23H23N9O. The van der Waals surface area contributed by atoms with E-state index in [-0.39, 0.29) is 0 Å². The van der Waals surface area contributed by atoms with E-state index in [0.717, 1.165) is 60.0 Å². The molecule has 0 saturated carbocycles. The van der Waals surface area contributed by atoms with Gasteiger partial charge < -0.3 is 15.0 Å². The maximum atomic E-state index is 5.45. The average molecular weight is 441 g/mol. The van der Waals surface area contributed by atoms with E-state index in [9.17, 15) is 0 Å². The number of hydrazine groups is 2. The first-order chi connectivity index (χ1) is 16.3. The van der Waals surface area contributed by atoms with Crippen molar-refractivity contribution in [1.82, 2.24) is 25.5 Å². The molecule has 0 atom stereocenters. The van der Waals surface area contributed by atoms with Crippen LogP contribution in [0.4, 0.5) is 28.8 Å². The number of hydrogen-bond acceptors (Lipinski definition) is 10. The molecule has 1 aromatic carbocycles. The smallest absolute Gasteiger partial charge is 0.191 e. The van der Waals surface area contributed by atoms with Crippen LogP contribution >= 0.6 is 0 Å². The van der Waals surface area contributed by atoms with E-state index >= 15 is 0 Å². The first-order valence-corrected chi connectivity index (χ1v) is 10.9. The van der Waals surface area contributed by atoms with Crippen molar-refractivity contribution in [3.05, 3.63) is 66.7 Å². The molecule has 1 fully saturated rings. The molecule has 0 radical (unpaired) electrons. The van der Waals surface area contributed by atoms with Gasteiger partial charge in [-0.1, -0.05) is 12.1 Å². The molecule has 10 heteroatoms. The summed E-state index contributed by atoms with van der Waals surface area (Å²) in [7, 11) is 0. The zero-order valence-corrected chi connectivity index (χ0v) is 17.9. The molecule has 6 rings (SSSR count). The number of aromatic nitrogens is 4. The second-order valence-electron chi connectivity index (χ2n) is 7.94. The number of nitrogens with zero attached hydrogens (tertiary/aromatic N) is 6. The molecule has 2 aliphatic heterocycles. The molecule has 10 nitrogen and oxygen atoms in total. The highest BCUT2D eigenvalue weighted by molar-refractivity contribution is 5.79. The van der Waals surface area contributed by atoms with Crippen molar-refractivity contribution < 1.29 is 4.74 Å². The predicted octanol–water partition coefficient (Wildman–Crippen LogP) is 2.85. The fraction of sp³-hybridized carbons (Fsp3) is 0.217. The Morgan fingerprint density at radius 3 is 2.91 bits per heavy atom. The Bertz CT molecular complexity index is 1290. The van der Waals surface area contributed by atoms with E-state index in [1.54, 1.807) is 18.6 Å². The second kappa shape index (κ2) is 8.49. The third-order valence-corrected chi connectivity index (χ3v) is 5.70. The summed E-state index contributed by atoms with van der Waals surface area (Å²) < 4.78 is 5.45. The second-order valence-corrected chi connectivity index (χ2v) is 7.94. The Labute approximate surface area is 190 Å². The number of fused-ring (bicyclic) bond motifs is 2. The lowest BCUT2D eigenvalue weighted by Crippen LogP contribution is -2.36. The largest absolute Gasteiger partial charge is 0.378 e. The van der Waals surface area contributed by atoms with Gasteiger partial charge in [-0.2, -0.15) is 0 Å². The number of pyridine rings is 2. The maximum absolute atomic E-state index is 5.45. The van der Waals surface area contributed by atoms with Gasteiger partial charge in [0.05, 0.1) is 55.2 Å². The summed E-state index contributed by atoms with van der Waals surface area (Å²) in [5.74, 6) is 2.06. The fourth-order valence-corrected chi connectivity index (χ4v) is 4.05. The van der Waals surface area contributed by atoms with Crippen molar-refractivity contribution in [2.45, 2.75) is 6.54 Å². The van der Waals surface area contributed by atoms with Gasteiger partial charge in [0.15, 0.2) is 17.5 Å². The summed E-state index contributed by atoms with van der Waals surface area (Å²) in [5, 5.41) is 6.38. The molecule has 0 spiro atoms.